The van der Waals surface area contributed by atoms with Crippen molar-refractivity contribution in [2.24, 2.45) is 0 Å². The fourth-order valence-corrected chi connectivity index (χ4v) is 6.71. The number of piperazine rings is 1. The molecule has 0 amide bonds. The number of hydrogen-bond acceptors (Lipinski definition) is 9. The van der Waals surface area contributed by atoms with Crippen LogP contribution in [-0.4, -0.2) is 86.4 Å². The first-order chi connectivity index (χ1) is 20.4. The molecule has 0 unspecified atom stereocenters. The highest BCUT2D eigenvalue weighted by molar-refractivity contribution is 7.12. The Morgan fingerprint density at radius 3 is 2.33 bits per heavy atom. The maximum absolute atomic E-state index is 14.3. The van der Waals surface area contributed by atoms with Crippen molar-refractivity contribution in [2.75, 3.05) is 37.6 Å². The van der Waals surface area contributed by atoms with E-state index in [0.717, 1.165) is 25.0 Å². The van der Waals surface area contributed by atoms with Gasteiger partial charge < -0.3 is 10.0 Å². The minimum Gasteiger partial charge on any atom is -0.480 e. The van der Waals surface area contributed by atoms with E-state index in [-0.39, 0.29) is 47.8 Å². The molecule has 2 saturated heterocycles. The Labute approximate surface area is 250 Å². The van der Waals surface area contributed by atoms with E-state index in [0.29, 0.717) is 54.5 Å². The fourth-order valence-electron chi connectivity index (χ4n) is 5.61. The SMILES string of the molecule is C[C@@H]1CC[C@@H](C)N1Cc1sc(CC(=O)c2cnc(N3CCN(CC(=O)O)CC3)cn2)nc1-c1cc(F)cc(C(F)(F)F)c1. The predicted molar refractivity (Wildman–Crippen MR) is 153 cm³/mol. The Morgan fingerprint density at radius 2 is 1.72 bits per heavy atom. The van der Waals surface area contributed by atoms with Gasteiger partial charge in [0.05, 0.1) is 36.6 Å². The summed E-state index contributed by atoms with van der Waals surface area (Å²) < 4.78 is 54.8. The molecule has 230 valence electrons. The number of carboxylic acid groups (broad SMARTS) is 1. The van der Waals surface area contributed by atoms with Crippen LogP contribution in [0.5, 0.6) is 0 Å². The maximum Gasteiger partial charge on any atom is 0.416 e. The molecule has 0 saturated carbocycles. The van der Waals surface area contributed by atoms with Gasteiger partial charge in [-0.25, -0.2) is 19.3 Å². The van der Waals surface area contributed by atoms with Crippen LogP contribution in [0.15, 0.2) is 30.6 Å². The number of likely N-dealkylation sites (tertiary alicyclic amines) is 1. The van der Waals surface area contributed by atoms with Crippen molar-refractivity contribution in [1.82, 2.24) is 24.8 Å². The molecule has 2 atom stereocenters. The third kappa shape index (κ3) is 7.36. The second-order valence-corrected chi connectivity index (χ2v) is 12.2. The molecule has 14 heteroatoms. The van der Waals surface area contributed by atoms with E-state index in [1.165, 1.54) is 23.7 Å². The zero-order valence-corrected chi connectivity index (χ0v) is 24.6. The Bertz CT molecular complexity index is 1460. The molecule has 4 heterocycles. The van der Waals surface area contributed by atoms with Gasteiger partial charge in [-0.1, -0.05) is 0 Å². The zero-order chi connectivity index (χ0) is 30.9. The molecule has 2 aromatic heterocycles. The number of anilines is 1. The maximum atomic E-state index is 14.3. The van der Waals surface area contributed by atoms with Crippen molar-refractivity contribution in [2.45, 2.75) is 57.9 Å². The summed E-state index contributed by atoms with van der Waals surface area (Å²) in [6.45, 7) is 6.87. The van der Waals surface area contributed by atoms with Crippen molar-refractivity contribution >= 4 is 28.9 Å². The minimum absolute atomic E-state index is 0.0179. The van der Waals surface area contributed by atoms with Crippen LogP contribution < -0.4 is 4.90 Å². The summed E-state index contributed by atoms with van der Waals surface area (Å²) >= 11 is 1.24. The molecule has 1 aromatic carbocycles. The monoisotopic (exact) mass is 620 g/mol. The number of carboxylic acids is 1. The van der Waals surface area contributed by atoms with Crippen LogP contribution in [0, 0.1) is 5.82 Å². The number of carbonyl (C=O) groups excluding carboxylic acids is 1. The van der Waals surface area contributed by atoms with Crippen LogP contribution in [0.4, 0.5) is 23.4 Å². The van der Waals surface area contributed by atoms with Gasteiger partial charge in [0.15, 0.2) is 5.78 Å². The van der Waals surface area contributed by atoms with Gasteiger partial charge in [0.2, 0.25) is 0 Å². The van der Waals surface area contributed by atoms with Gasteiger partial charge >= 0.3 is 12.1 Å². The predicted octanol–water partition coefficient (Wildman–Crippen LogP) is 4.76. The van der Waals surface area contributed by atoms with E-state index in [4.69, 9.17) is 5.11 Å². The molecule has 0 radical (unpaired) electrons. The molecular weight excluding hydrogens is 588 g/mol. The lowest BCUT2D eigenvalue weighted by molar-refractivity contribution is -0.139. The molecular formula is C29H32F4N6O3S. The lowest BCUT2D eigenvalue weighted by Crippen LogP contribution is -2.48. The molecule has 1 N–H and O–H groups in total. The van der Waals surface area contributed by atoms with Crippen LogP contribution in [0.1, 0.15) is 52.6 Å². The van der Waals surface area contributed by atoms with E-state index >= 15 is 0 Å². The third-order valence-electron chi connectivity index (χ3n) is 7.99. The number of aliphatic carboxylic acids is 1. The Hall–Kier alpha value is -3.49. The molecule has 0 spiro atoms. The number of rotatable bonds is 9. The summed E-state index contributed by atoms with van der Waals surface area (Å²) in [5.41, 5.74) is -0.712. The first-order valence-corrected chi connectivity index (χ1v) is 14.9. The highest BCUT2D eigenvalue weighted by atomic mass is 32.1. The third-order valence-corrected chi connectivity index (χ3v) is 9.03. The summed E-state index contributed by atoms with van der Waals surface area (Å²) in [4.78, 5) is 44.0. The summed E-state index contributed by atoms with van der Waals surface area (Å²) in [6, 6.07) is 2.94. The number of thiazole rings is 1. The van der Waals surface area contributed by atoms with Crippen LogP contribution in [0.25, 0.3) is 11.3 Å². The van der Waals surface area contributed by atoms with Crippen LogP contribution in [-0.2, 0) is 23.9 Å². The first-order valence-electron chi connectivity index (χ1n) is 14.0. The molecule has 2 aliphatic rings. The molecule has 0 aliphatic carbocycles. The number of ketones is 1. The van der Waals surface area contributed by atoms with Gasteiger partial charge in [0, 0.05) is 55.2 Å². The van der Waals surface area contributed by atoms with E-state index in [1.807, 2.05) is 9.80 Å². The molecule has 2 aliphatic heterocycles. The van der Waals surface area contributed by atoms with Crippen molar-refractivity contribution in [3.63, 3.8) is 0 Å². The van der Waals surface area contributed by atoms with Gasteiger partial charge in [-0.3, -0.25) is 19.4 Å². The van der Waals surface area contributed by atoms with Crippen molar-refractivity contribution in [3.05, 3.63) is 57.6 Å². The van der Waals surface area contributed by atoms with E-state index in [2.05, 4.69) is 33.7 Å². The number of Topliss-reactive ketones (excluding diaryl/α,β-unsaturated/α-hetero) is 1. The van der Waals surface area contributed by atoms with Crippen LogP contribution in [0.3, 0.4) is 0 Å². The molecule has 0 bridgehead atoms. The van der Waals surface area contributed by atoms with Gasteiger partial charge in [-0.15, -0.1) is 11.3 Å². The highest BCUT2D eigenvalue weighted by Gasteiger charge is 2.33. The number of halogens is 4. The van der Waals surface area contributed by atoms with E-state index < -0.39 is 23.5 Å². The van der Waals surface area contributed by atoms with Crippen molar-refractivity contribution < 1.29 is 32.3 Å². The lowest BCUT2D eigenvalue weighted by Gasteiger charge is -2.34. The molecule has 9 nitrogen and oxygen atoms in total. The second-order valence-electron chi connectivity index (χ2n) is 11.1. The van der Waals surface area contributed by atoms with Gasteiger partial charge in [-0.2, -0.15) is 13.2 Å². The van der Waals surface area contributed by atoms with Crippen LogP contribution in [0.2, 0.25) is 0 Å². The van der Waals surface area contributed by atoms with Gasteiger partial charge in [-0.05, 0) is 44.9 Å². The van der Waals surface area contributed by atoms with Gasteiger partial charge in [0.25, 0.3) is 0 Å². The Balaban J connectivity index is 1.35. The van der Waals surface area contributed by atoms with E-state index in [9.17, 15) is 27.2 Å². The molecule has 2 fully saturated rings. The summed E-state index contributed by atoms with van der Waals surface area (Å²) in [5.74, 6) is -1.67. The smallest absolute Gasteiger partial charge is 0.416 e. The topological polar surface area (TPSA) is 103 Å². The molecule has 5 rings (SSSR count). The minimum atomic E-state index is -4.72. The number of hydrogen-bond donors (Lipinski definition) is 1. The first kappa shape index (κ1) is 31.0. The van der Waals surface area contributed by atoms with E-state index in [1.54, 1.807) is 0 Å². The zero-order valence-electron chi connectivity index (χ0n) is 23.8. The molecule has 43 heavy (non-hydrogen) atoms. The standard InChI is InChI=1S/C29H32F4N6O3S/c1-17-3-4-18(2)39(17)15-24-28(19-9-20(29(31,32)33)11-21(30)10-19)36-26(43-24)12-23(40)22-13-35-25(14-34-22)38-7-5-37(6-8-38)16-27(41)42/h9-11,13-14,17-18H,3-8,12,15-16H2,1-2H3,(H,41,42)/t17-,18-/m1/s1. The molecule has 3 aromatic rings. The van der Waals surface area contributed by atoms with Gasteiger partial charge in [0.1, 0.15) is 22.3 Å². The average Bonchev–Trinajstić information content (AvgIpc) is 3.50. The quantitative estimate of drug-likeness (QED) is 0.268. The summed E-state index contributed by atoms with van der Waals surface area (Å²) in [5, 5.41) is 9.37. The lowest BCUT2D eigenvalue weighted by atomic mass is 10.1. The number of aromatic nitrogens is 3. The normalized spacial score (nSPS) is 20.1. The number of alkyl halides is 3. The largest absolute Gasteiger partial charge is 0.480 e. The second kappa shape index (κ2) is 12.6. The average molecular weight is 621 g/mol. The van der Waals surface area contributed by atoms with Crippen molar-refractivity contribution in [1.29, 1.82) is 0 Å². The number of nitrogens with zero attached hydrogens (tertiary/aromatic N) is 6. The van der Waals surface area contributed by atoms with Crippen molar-refractivity contribution in [3.8, 4) is 11.3 Å². The van der Waals surface area contributed by atoms with Crippen LogP contribution >= 0.6 is 11.3 Å². The Morgan fingerprint density at radius 1 is 1.02 bits per heavy atom. The highest BCUT2D eigenvalue weighted by Crippen LogP contribution is 2.37. The number of benzene rings is 1. The summed E-state index contributed by atoms with van der Waals surface area (Å²) in [6.07, 6.45) is 0.0106. The fraction of sp³-hybridized carbons (Fsp3) is 0.483. The summed E-state index contributed by atoms with van der Waals surface area (Å²) in [7, 11) is 0. The number of carbonyl (C=O) groups is 2. The Kier molecular flexibility index (Phi) is 9.09.